The van der Waals surface area contributed by atoms with E-state index in [1.54, 1.807) is 0 Å². The summed E-state index contributed by atoms with van der Waals surface area (Å²) >= 11 is 0. The molecule has 5 nitrogen and oxygen atoms in total. The first kappa shape index (κ1) is 10.5. The van der Waals surface area contributed by atoms with Crippen molar-refractivity contribution in [3.63, 3.8) is 0 Å². The minimum Gasteiger partial charge on any atom is -0.476 e. The zero-order valence-electron chi connectivity index (χ0n) is 8.90. The van der Waals surface area contributed by atoms with Crippen molar-refractivity contribution in [2.24, 2.45) is 0 Å². The van der Waals surface area contributed by atoms with Gasteiger partial charge in [0, 0.05) is 0 Å². The smallest absolute Gasteiger partial charge is 0.308 e. The van der Waals surface area contributed by atoms with Gasteiger partial charge >= 0.3 is 5.97 Å². The molecular formula is C11H12N2O3. The molecule has 0 bridgehead atoms. The van der Waals surface area contributed by atoms with Crippen LogP contribution >= 0.6 is 0 Å². The quantitative estimate of drug-likeness (QED) is 0.793. The van der Waals surface area contributed by atoms with E-state index in [1.807, 2.05) is 24.3 Å². The Morgan fingerprint density at radius 2 is 2.25 bits per heavy atom. The van der Waals surface area contributed by atoms with Crippen LogP contribution in [0.1, 0.15) is 6.42 Å². The van der Waals surface area contributed by atoms with E-state index >= 15 is 0 Å². The van der Waals surface area contributed by atoms with E-state index in [0.29, 0.717) is 5.88 Å². The van der Waals surface area contributed by atoms with Gasteiger partial charge in [0.15, 0.2) is 0 Å². The molecule has 1 aromatic carbocycles. The van der Waals surface area contributed by atoms with Gasteiger partial charge in [-0.1, -0.05) is 12.1 Å². The van der Waals surface area contributed by atoms with Gasteiger partial charge in [-0.05, 0) is 12.1 Å². The number of ether oxygens (including phenoxy) is 2. The predicted molar refractivity (Wildman–Crippen MR) is 58.2 cm³/mol. The Hall–Kier alpha value is -2.04. The van der Waals surface area contributed by atoms with Crippen LogP contribution in [0.4, 0.5) is 0 Å². The SMILES string of the molecule is COC(=O)CCOc1n[nH]c2ccccc12. The molecule has 0 spiro atoms. The number of nitrogens with one attached hydrogen (secondary N) is 1. The molecule has 0 saturated carbocycles. The fourth-order valence-electron chi connectivity index (χ4n) is 1.38. The summed E-state index contributed by atoms with van der Waals surface area (Å²) in [5.41, 5.74) is 0.913. The maximum absolute atomic E-state index is 10.9. The maximum atomic E-state index is 10.9. The summed E-state index contributed by atoms with van der Waals surface area (Å²) in [7, 11) is 1.35. The number of hydrogen-bond donors (Lipinski definition) is 1. The minimum atomic E-state index is -0.292. The molecule has 0 aliphatic rings. The molecule has 1 heterocycles. The van der Waals surface area contributed by atoms with Crippen molar-refractivity contribution in [2.45, 2.75) is 6.42 Å². The molecule has 0 unspecified atom stereocenters. The lowest BCUT2D eigenvalue weighted by molar-refractivity contribution is -0.141. The van der Waals surface area contributed by atoms with Crippen LogP contribution in [-0.2, 0) is 9.53 Å². The summed E-state index contributed by atoms with van der Waals surface area (Å²) in [5, 5.41) is 7.78. The molecule has 0 aliphatic carbocycles. The molecule has 0 atom stereocenters. The average Bonchev–Trinajstić information content (AvgIpc) is 2.73. The number of rotatable bonds is 4. The number of aromatic nitrogens is 2. The first-order valence-electron chi connectivity index (χ1n) is 4.94. The number of hydrogen-bond acceptors (Lipinski definition) is 4. The van der Waals surface area contributed by atoms with Gasteiger partial charge in [0.1, 0.15) is 6.61 Å². The molecule has 5 heteroatoms. The number of H-pyrrole nitrogens is 1. The normalized spacial score (nSPS) is 10.3. The number of fused-ring (bicyclic) bond motifs is 1. The second-order valence-electron chi connectivity index (χ2n) is 3.25. The molecule has 0 aliphatic heterocycles. The number of esters is 1. The third-order valence-electron chi connectivity index (χ3n) is 2.21. The average molecular weight is 220 g/mol. The van der Waals surface area contributed by atoms with Crippen LogP contribution < -0.4 is 4.74 Å². The highest BCUT2D eigenvalue weighted by molar-refractivity contribution is 5.83. The molecule has 0 radical (unpaired) electrons. The summed E-state index contributed by atoms with van der Waals surface area (Å²) in [6, 6.07) is 7.64. The van der Waals surface area contributed by atoms with Crippen LogP contribution in [-0.4, -0.2) is 29.9 Å². The number of methoxy groups -OCH3 is 1. The maximum Gasteiger partial charge on any atom is 0.308 e. The Bertz CT molecular complexity index is 493. The van der Waals surface area contributed by atoms with Gasteiger partial charge in [0.05, 0.1) is 24.4 Å². The first-order valence-corrected chi connectivity index (χ1v) is 4.94. The monoisotopic (exact) mass is 220 g/mol. The lowest BCUT2D eigenvalue weighted by atomic mass is 10.2. The van der Waals surface area contributed by atoms with Crippen molar-refractivity contribution < 1.29 is 14.3 Å². The van der Waals surface area contributed by atoms with E-state index in [2.05, 4.69) is 14.9 Å². The number of para-hydroxylation sites is 1. The van der Waals surface area contributed by atoms with Gasteiger partial charge in [-0.3, -0.25) is 9.89 Å². The molecule has 1 N–H and O–H groups in total. The van der Waals surface area contributed by atoms with E-state index in [-0.39, 0.29) is 19.0 Å². The molecular weight excluding hydrogens is 208 g/mol. The minimum absolute atomic E-state index is 0.220. The number of carbonyl (C=O) groups excluding carboxylic acids is 1. The molecule has 0 saturated heterocycles. The summed E-state index contributed by atoms with van der Waals surface area (Å²) in [6.07, 6.45) is 0.220. The third kappa shape index (κ3) is 2.13. The highest BCUT2D eigenvalue weighted by Crippen LogP contribution is 2.21. The number of aromatic amines is 1. The van der Waals surface area contributed by atoms with Crippen molar-refractivity contribution >= 4 is 16.9 Å². The summed E-state index contributed by atoms with van der Waals surface area (Å²) < 4.78 is 9.90. The van der Waals surface area contributed by atoms with Crippen LogP contribution in [0.3, 0.4) is 0 Å². The summed E-state index contributed by atoms with van der Waals surface area (Å²) in [6.45, 7) is 0.265. The predicted octanol–water partition coefficient (Wildman–Crippen LogP) is 1.50. The zero-order valence-corrected chi connectivity index (χ0v) is 8.90. The van der Waals surface area contributed by atoms with Gasteiger partial charge in [-0.2, -0.15) is 0 Å². The van der Waals surface area contributed by atoms with Crippen LogP contribution in [0, 0.1) is 0 Å². The second-order valence-corrected chi connectivity index (χ2v) is 3.25. The lowest BCUT2D eigenvalue weighted by Crippen LogP contribution is -2.07. The van der Waals surface area contributed by atoms with Gasteiger partial charge in [0.25, 0.3) is 0 Å². The van der Waals surface area contributed by atoms with E-state index in [0.717, 1.165) is 10.9 Å². The Kier molecular flexibility index (Phi) is 3.05. The van der Waals surface area contributed by atoms with Crippen molar-refractivity contribution in [1.82, 2.24) is 10.2 Å². The standard InChI is InChI=1S/C11H12N2O3/c1-15-10(14)6-7-16-11-8-4-2-3-5-9(8)12-13-11/h2-5H,6-7H2,1H3,(H,12,13). The fraction of sp³-hybridized carbons (Fsp3) is 0.273. The first-order chi connectivity index (χ1) is 7.81. The van der Waals surface area contributed by atoms with Crippen molar-refractivity contribution in [3.8, 4) is 5.88 Å². The number of nitrogens with zero attached hydrogens (tertiary/aromatic N) is 1. The molecule has 16 heavy (non-hydrogen) atoms. The summed E-state index contributed by atoms with van der Waals surface area (Å²) in [4.78, 5) is 10.9. The highest BCUT2D eigenvalue weighted by atomic mass is 16.5. The van der Waals surface area contributed by atoms with Crippen LogP contribution in [0.5, 0.6) is 5.88 Å². The van der Waals surface area contributed by atoms with Gasteiger partial charge in [-0.25, -0.2) is 0 Å². The van der Waals surface area contributed by atoms with E-state index < -0.39 is 0 Å². The Morgan fingerprint density at radius 1 is 1.44 bits per heavy atom. The number of benzene rings is 1. The Balaban J connectivity index is 2.02. The van der Waals surface area contributed by atoms with Crippen LogP contribution in [0.25, 0.3) is 10.9 Å². The Labute approximate surface area is 92.4 Å². The van der Waals surface area contributed by atoms with Crippen molar-refractivity contribution in [2.75, 3.05) is 13.7 Å². The molecule has 0 amide bonds. The highest BCUT2D eigenvalue weighted by Gasteiger charge is 2.06. The molecule has 2 rings (SSSR count). The second kappa shape index (κ2) is 4.65. The molecule has 2 aromatic rings. The molecule has 1 aromatic heterocycles. The largest absolute Gasteiger partial charge is 0.476 e. The van der Waals surface area contributed by atoms with Gasteiger partial charge in [0.2, 0.25) is 5.88 Å². The molecule has 84 valence electrons. The Morgan fingerprint density at radius 3 is 3.06 bits per heavy atom. The number of carbonyl (C=O) groups is 1. The molecule has 0 fully saturated rings. The van der Waals surface area contributed by atoms with Crippen molar-refractivity contribution in [1.29, 1.82) is 0 Å². The third-order valence-corrected chi connectivity index (χ3v) is 2.21. The van der Waals surface area contributed by atoms with Gasteiger partial charge in [-0.15, -0.1) is 5.10 Å². The van der Waals surface area contributed by atoms with Gasteiger partial charge < -0.3 is 9.47 Å². The van der Waals surface area contributed by atoms with Crippen LogP contribution in [0.15, 0.2) is 24.3 Å². The van der Waals surface area contributed by atoms with E-state index in [4.69, 9.17) is 4.74 Å². The van der Waals surface area contributed by atoms with Crippen molar-refractivity contribution in [3.05, 3.63) is 24.3 Å². The van der Waals surface area contributed by atoms with E-state index in [9.17, 15) is 4.79 Å². The van der Waals surface area contributed by atoms with E-state index in [1.165, 1.54) is 7.11 Å². The fourth-order valence-corrected chi connectivity index (χ4v) is 1.38. The topological polar surface area (TPSA) is 64.2 Å². The zero-order chi connectivity index (χ0) is 11.4. The lowest BCUT2D eigenvalue weighted by Gasteiger charge is -2.01. The summed E-state index contributed by atoms with van der Waals surface area (Å²) in [5.74, 6) is 0.222. The van der Waals surface area contributed by atoms with Crippen LogP contribution in [0.2, 0.25) is 0 Å².